The number of piperidine rings is 1. The minimum absolute atomic E-state index is 0.0291. The summed E-state index contributed by atoms with van der Waals surface area (Å²) in [4.78, 5) is 18.4. The highest BCUT2D eigenvalue weighted by atomic mass is 16.2. The van der Waals surface area contributed by atoms with E-state index >= 15 is 0 Å². The lowest BCUT2D eigenvalue weighted by molar-refractivity contribution is 0.0848. The molecule has 2 amide bonds. The van der Waals surface area contributed by atoms with E-state index in [0.717, 1.165) is 51.4 Å². The van der Waals surface area contributed by atoms with Crippen LogP contribution >= 0.6 is 0 Å². The zero-order valence-corrected chi connectivity index (χ0v) is 18.5. The molecule has 1 N–H and O–H groups in total. The van der Waals surface area contributed by atoms with E-state index in [9.17, 15) is 4.79 Å². The van der Waals surface area contributed by atoms with Crippen LogP contribution in [0, 0.1) is 0 Å². The van der Waals surface area contributed by atoms with Crippen LogP contribution in [-0.4, -0.2) is 47.5 Å². The van der Waals surface area contributed by atoms with Gasteiger partial charge in [-0.25, -0.2) is 4.79 Å². The van der Waals surface area contributed by atoms with E-state index in [1.165, 1.54) is 42.4 Å². The quantitative estimate of drug-likeness (QED) is 0.750. The number of nitrogens with one attached hydrogen (secondary N) is 1. The largest absolute Gasteiger partial charge is 0.338 e. The first-order valence-electron chi connectivity index (χ1n) is 12.2. The van der Waals surface area contributed by atoms with Crippen molar-refractivity contribution in [1.82, 2.24) is 15.1 Å². The third-order valence-corrected chi connectivity index (χ3v) is 7.61. The second-order valence-electron chi connectivity index (χ2n) is 9.46. The first kappa shape index (κ1) is 20.6. The number of hydrogen-bond donors (Lipinski definition) is 1. The van der Waals surface area contributed by atoms with Crippen LogP contribution < -0.4 is 5.32 Å². The van der Waals surface area contributed by atoms with Gasteiger partial charge in [0.1, 0.15) is 0 Å². The molecule has 2 aromatic rings. The van der Waals surface area contributed by atoms with Crippen LogP contribution in [0.15, 0.2) is 54.6 Å². The Balaban J connectivity index is 1.49. The molecule has 164 valence electrons. The Bertz CT molecular complexity index is 869. The van der Waals surface area contributed by atoms with Crippen molar-refractivity contribution < 1.29 is 4.79 Å². The van der Waals surface area contributed by atoms with Gasteiger partial charge in [-0.05, 0) is 55.2 Å². The van der Waals surface area contributed by atoms with E-state index in [-0.39, 0.29) is 18.1 Å². The van der Waals surface area contributed by atoms with Crippen molar-refractivity contribution in [1.29, 1.82) is 0 Å². The number of nitrogens with zero attached hydrogens (tertiary/aromatic N) is 2. The van der Waals surface area contributed by atoms with Gasteiger partial charge in [0.2, 0.25) is 0 Å². The molecule has 4 heteroatoms. The van der Waals surface area contributed by atoms with Gasteiger partial charge in [0, 0.05) is 31.7 Å². The van der Waals surface area contributed by atoms with Crippen LogP contribution in [0.2, 0.25) is 0 Å². The van der Waals surface area contributed by atoms with E-state index in [4.69, 9.17) is 0 Å². The molecule has 0 radical (unpaired) electrons. The van der Waals surface area contributed by atoms with Crippen molar-refractivity contribution in [3.8, 4) is 0 Å². The molecule has 1 atom stereocenters. The van der Waals surface area contributed by atoms with Gasteiger partial charge in [0.05, 0.1) is 6.04 Å². The van der Waals surface area contributed by atoms with Gasteiger partial charge in [-0.2, -0.15) is 0 Å². The van der Waals surface area contributed by atoms with Gasteiger partial charge in [-0.3, -0.25) is 0 Å². The van der Waals surface area contributed by atoms with Crippen LogP contribution in [0.1, 0.15) is 67.7 Å². The number of aryl methyl sites for hydroxylation is 1. The molecule has 2 aromatic carbocycles. The Labute approximate surface area is 186 Å². The molecule has 0 bridgehead atoms. The van der Waals surface area contributed by atoms with Gasteiger partial charge >= 0.3 is 6.03 Å². The smallest absolute Gasteiger partial charge is 0.318 e. The third-order valence-electron chi connectivity index (χ3n) is 7.61. The maximum Gasteiger partial charge on any atom is 0.318 e. The predicted octanol–water partition coefficient (Wildman–Crippen LogP) is 5.14. The Kier molecular flexibility index (Phi) is 6.26. The summed E-state index contributed by atoms with van der Waals surface area (Å²) in [5, 5.41) is 3.25. The molecule has 2 aliphatic heterocycles. The normalized spacial score (nSPS) is 24.2. The fraction of sp³-hybridized carbons (Fsp3) is 0.519. The van der Waals surface area contributed by atoms with Gasteiger partial charge in [-0.15, -0.1) is 0 Å². The third kappa shape index (κ3) is 4.36. The summed E-state index contributed by atoms with van der Waals surface area (Å²) in [5.74, 6) is 0. The molecule has 31 heavy (non-hydrogen) atoms. The van der Waals surface area contributed by atoms with Crippen molar-refractivity contribution in [2.45, 2.75) is 69.5 Å². The molecule has 1 saturated heterocycles. The molecule has 2 fully saturated rings. The molecular weight excluding hydrogens is 382 g/mol. The number of carbonyl (C=O) groups excluding carboxylic acids is 1. The Morgan fingerprint density at radius 3 is 2.26 bits per heavy atom. The summed E-state index contributed by atoms with van der Waals surface area (Å²) in [6.07, 6.45) is 9.60. The molecule has 1 aliphatic carbocycles. The summed E-state index contributed by atoms with van der Waals surface area (Å²) in [6, 6.07) is 20.5. The number of fused-ring (bicyclic) bond motifs is 1. The maximum absolute atomic E-state index is 13.6. The van der Waals surface area contributed by atoms with Crippen molar-refractivity contribution in [3.05, 3.63) is 71.3 Å². The molecule has 2 heterocycles. The van der Waals surface area contributed by atoms with Crippen LogP contribution in [-0.2, 0) is 6.42 Å². The number of amides is 2. The Morgan fingerprint density at radius 2 is 1.48 bits per heavy atom. The molecule has 3 aliphatic rings. The molecular formula is C27H35N3O. The van der Waals surface area contributed by atoms with Gasteiger partial charge < -0.3 is 15.1 Å². The van der Waals surface area contributed by atoms with Crippen LogP contribution in [0.4, 0.5) is 4.79 Å². The molecule has 1 saturated carbocycles. The lowest BCUT2D eigenvalue weighted by Gasteiger charge is -2.44. The summed E-state index contributed by atoms with van der Waals surface area (Å²) in [5.41, 5.74) is 3.88. The number of carbonyl (C=O) groups is 1. The average Bonchev–Trinajstić information content (AvgIpc) is 3.37. The standard InChI is InChI=1S/C27H35N3O/c31-27-28-18-8-12-21-9-4-7-15-25(21)26(22-10-2-1-3-11-22)30(27)24-16-19-29(20-17-24)23-13-5-6-14-23/h1-4,7,9-11,15,23-24,26H,5-6,8,12-14,16-20H2,(H,28,31). The van der Waals surface area contributed by atoms with E-state index in [1.54, 1.807) is 0 Å². The van der Waals surface area contributed by atoms with E-state index < -0.39 is 0 Å². The topological polar surface area (TPSA) is 35.6 Å². The maximum atomic E-state index is 13.6. The summed E-state index contributed by atoms with van der Waals surface area (Å²) in [7, 11) is 0. The SMILES string of the molecule is O=C1NCCCc2ccccc2C(c2ccccc2)N1C1CCN(C2CCCC2)CC1. The first-order valence-corrected chi connectivity index (χ1v) is 12.2. The lowest BCUT2D eigenvalue weighted by Crippen LogP contribution is -2.53. The predicted molar refractivity (Wildman–Crippen MR) is 125 cm³/mol. The zero-order chi connectivity index (χ0) is 21.0. The van der Waals surface area contributed by atoms with Gasteiger partial charge in [0.15, 0.2) is 0 Å². The van der Waals surface area contributed by atoms with Crippen LogP contribution in [0.3, 0.4) is 0 Å². The zero-order valence-electron chi connectivity index (χ0n) is 18.5. The van der Waals surface area contributed by atoms with E-state index in [2.05, 4.69) is 69.7 Å². The van der Waals surface area contributed by atoms with Crippen LogP contribution in [0.25, 0.3) is 0 Å². The molecule has 4 nitrogen and oxygen atoms in total. The molecule has 0 spiro atoms. The highest BCUT2D eigenvalue weighted by Gasteiger charge is 2.37. The van der Waals surface area contributed by atoms with Gasteiger partial charge in [0.25, 0.3) is 0 Å². The lowest BCUT2D eigenvalue weighted by atomic mass is 9.89. The Hall–Kier alpha value is -2.33. The minimum Gasteiger partial charge on any atom is -0.338 e. The van der Waals surface area contributed by atoms with Crippen LogP contribution in [0.5, 0.6) is 0 Å². The number of urea groups is 1. The summed E-state index contributed by atoms with van der Waals surface area (Å²) in [6.45, 7) is 2.97. The van der Waals surface area contributed by atoms with Crippen molar-refractivity contribution in [3.63, 3.8) is 0 Å². The second kappa shape index (κ2) is 9.44. The Morgan fingerprint density at radius 1 is 0.774 bits per heavy atom. The fourth-order valence-corrected chi connectivity index (χ4v) is 6.01. The molecule has 1 unspecified atom stereocenters. The van der Waals surface area contributed by atoms with Crippen molar-refractivity contribution in [2.75, 3.05) is 19.6 Å². The highest BCUT2D eigenvalue weighted by Crippen LogP contribution is 2.37. The number of benzene rings is 2. The van der Waals surface area contributed by atoms with E-state index in [0.29, 0.717) is 0 Å². The number of likely N-dealkylation sites (tertiary alicyclic amines) is 1. The molecule has 0 aromatic heterocycles. The minimum atomic E-state index is -0.0291. The molecule has 5 rings (SSSR count). The highest BCUT2D eigenvalue weighted by molar-refractivity contribution is 5.76. The number of hydrogen-bond acceptors (Lipinski definition) is 2. The van der Waals surface area contributed by atoms with Crippen molar-refractivity contribution >= 4 is 6.03 Å². The summed E-state index contributed by atoms with van der Waals surface area (Å²) >= 11 is 0. The fourth-order valence-electron chi connectivity index (χ4n) is 6.01. The first-order chi connectivity index (χ1) is 15.3. The van der Waals surface area contributed by atoms with Gasteiger partial charge in [-0.1, -0.05) is 67.4 Å². The average molecular weight is 418 g/mol. The number of rotatable bonds is 3. The van der Waals surface area contributed by atoms with E-state index in [1.807, 2.05) is 0 Å². The van der Waals surface area contributed by atoms with Crippen molar-refractivity contribution in [2.24, 2.45) is 0 Å². The monoisotopic (exact) mass is 417 g/mol. The summed E-state index contributed by atoms with van der Waals surface area (Å²) < 4.78 is 0. The second-order valence-corrected chi connectivity index (χ2v) is 9.46.